The monoisotopic (exact) mass is 418 g/mol. The number of hydrogen-bond acceptors (Lipinski definition) is 4. The van der Waals surface area contributed by atoms with Crippen LogP contribution in [0.25, 0.3) is 0 Å². The average molecular weight is 419 g/mol. The second kappa shape index (κ2) is 8.26. The number of thioether (sulfide) groups is 1. The van der Waals surface area contributed by atoms with Crippen LogP contribution in [-0.4, -0.2) is 25.9 Å². The van der Waals surface area contributed by atoms with Crippen molar-refractivity contribution in [3.05, 3.63) is 71.0 Å². The summed E-state index contributed by atoms with van der Waals surface area (Å²) in [6, 6.07) is 16.7. The van der Waals surface area contributed by atoms with Crippen LogP contribution in [0.15, 0.2) is 53.7 Å². The summed E-state index contributed by atoms with van der Waals surface area (Å²) in [5.74, 6) is 1.55. The quantitative estimate of drug-likeness (QED) is 0.559. The van der Waals surface area contributed by atoms with Crippen LogP contribution in [-0.2, 0) is 24.2 Å². The Balaban J connectivity index is 1.30. The number of amides is 1. The van der Waals surface area contributed by atoms with E-state index in [2.05, 4.69) is 56.5 Å². The Kier molecular flexibility index (Phi) is 5.34. The lowest BCUT2D eigenvalue weighted by molar-refractivity contribution is -0.115. The molecule has 0 spiro atoms. The molecule has 0 saturated heterocycles. The van der Waals surface area contributed by atoms with Crippen molar-refractivity contribution in [2.24, 2.45) is 0 Å². The topological polar surface area (TPSA) is 59.8 Å². The SMILES string of the molecule is C[C@H](Sc1nnc(C2CC2)n1Cc1ccccc1)C(=O)Nc1ccc2c(c1)CCC2. The molecule has 2 aromatic carbocycles. The van der Waals surface area contributed by atoms with Gasteiger partial charge in [0.2, 0.25) is 5.91 Å². The van der Waals surface area contributed by atoms with Gasteiger partial charge in [0.15, 0.2) is 5.16 Å². The molecule has 5 rings (SSSR count). The zero-order valence-corrected chi connectivity index (χ0v) is 18.0. The fourth-order valence-electron chi connectivity index (χ4n) is 4.05. The number of rotatable bonds is 7. The van der Waals surface area contributed by atoms with Gasteiger partial charge in [-0.15, -0.1) is 10.2 Å². The Hall–Kier alpha value is -2.60. The van der Waals surface area contributed by atoms with Crippen molar-refractivity contribution in [1.82, 2.24) is 14.8 Å². The summed E-state index contributed by atoms with van der Waals surface area (Å²) in [6.45, 7) is 2.67. The molecule has 6 heteroatoms. The van der Waals surface area contributed by atoms with Crippen LogP contribution in [0, 0.1) is 0 Å². The van der Waals surface area contributed by atoms with Gasteiger partial charge in [0.05, 0.1) is 11.8 Å². The maximum Gasteiger partial charge on any atom is 0.237 e. The maximum absolute atomic E-state index is 12.9. The number of anilines is 1. The first-order chi connectivity index (χ1) is 14.7. The third-order valence-electron chi connectivity index (χ3n) is 5.89. The van der Waals surface area contributed by atoms with Gasteiger partial charge in [-0.25, -0.2) is 0 Å². The van der Waals surface area contributed by atoms with E-state index in [1.807, 2.05) is 19.1 Å². The molecule has 0 radical (unpaired) electrons. The van der Waals surface area contributed by atoms with Crippen molar-refractivity contribution in [3.8, 4) is 0 Å². The number of hydrogen-bond donors (Lipinski definition) is 1. The highest BCUT2D eigenvalue weighted by molar-refractivity contribution is 8.00. The fraction of sp³-hybridized carbons (Fsp3) is 0.375. The Morgan fingerprint density at radius 3 is 2.73 bits per heavy atom. The minimum absolute atomic E-state index is 0.000167. The summed E-state index contributed by atoms with van der Waals surface area (Å²) in [7, 11) is 0. The van der Waals surface area contributed by atoms with Crippen LogP contribution < -0.4 is 5.32 Å². The molecule has 1 saturated carbocycles. The van der Waals surface area contributed by atoms with E-state index in [-0.39, 0.29) is 11.2 Å². The fourth-order valence-corrected chi connectivity index (χ4v) is 4.91. The second-order valence-electron chi connectivity index (χ2n) is 8.27. The molecule has 1 amide bonds. The molecule has 2 aliphatic rings. The Morgan fingerprint density at radius 2 is 1.93 bits per heavy atom. The predicted octanol–water partition coefficient (Wildman–Crippen LogP) is 4.81. The van der Waals surface area contributed by atoms with Crippen molar-refractivity contribution in [2.45, 2.75) is 61.9 Å². The first kappa shape index (κ1) is 19.4. The van der Waals surface area contributed by atoms with Gasteiger partial charge < -0.3 is 9.88 Å². The van der Waals surface area contributed by atoms with E-state index in [1.54, 1.807) is 0 Å². The van der Waals surface area contributed by atoms with Gasteiger partial charge in [0.25, 0.3) is 0 Å². The summed E-state index contributed by atoms with van der Waals surface area (Å²) in [5, 5.41) is 12.6. The highest BCUT2D eigenvalue weighted by Gasteiger charge is 2.31. The maximum atomic E-state index is 12.9. The van der Waals surface area contributed by atoms with E-state index in [4.69, 9.17) is 0 Å². The lowest BCUT2D eigenvalue weighted by Gasteiger charge is -2.14. The van der Waals surface area contributed by atoms with E-state index in [9.17, 15) is 4.79 Å². The molecule has 0 bridgehead atoms. The zero-order chi connectivity index (χ0) is 20.5. The van der Waals surface area contributed by atoms with Crippen molar-refractivity contribution >= 4 is 23.4 Å². The van der Waals surface area contributed by atoms with E-state index >= 15 is 0 Å². The third kappa shape index (κ3) is 4.15. The molecule has 30 heavy (non-hydrogen) atoms. The minimum atomic E-state index is -0.260. The normalized spacial score (nSPS) is 16.3. The lowest BCUT2D eigenvalue weighted by atomic mass is 10.1. The van der Waals surface area contributed by atoms with Crippen LogP contribution >= 0.6 is 11.8 Å². The standard InChI is InChI=1S/C24H26N4OS/c1-16(23(29)25-21-13-12-18-8-5-9-20(18)14-21)30-24-27-26-22(19-10-11-19)28(24)15-17-6-3-2-4-7-17/h2-4,6-7,12-14,16,19H,5,8-11,15H2,1H3,(H,25,29)/t16-/m0/s1. The molecule has 1 fully saturated rings. The first-order valence-electron chi connectivity index (χ1n) is 10.7. The van der Waals surface area contributed by atoms with Crippen LogP contribution in [0.2, 0.25) is 0 Å². The minimum Gasteiger partial charge on any atom is -0.325 e. The molecule has 1 heterocycles. The molecule has 0 unspecified atom stereocenters. The summed E-state index contributed by atoms with van der Waals surface area (Å²) >= 11 is 1.49. The molecule has 2 aliphatic carbocycles. The van der Waals surface area contributed by atoms with Crippen LogP contribution in [0.5, 0.6) is 0 Å². The van der Waals surface area contributed by atoms with Crippen molar-refractivity contribution < 1.29 is 4.79 Å². The summed E-state index contributed by atoms with van der Waals surface area (Å²) in [6.07, 6.45) is 5.81. The van der Waals surface area contributed by atoms with Crippen LogP contribution in [0.3, 0.4) is 0 Å². The Bertz CT molecular complexity index is 1060. The van der Waals surface area contributed by atoms with Crippen molar-refractivity contribution in [2.75, 3.05) is 5.32 Å². The molecular weight excluding hydrogens is 392 g/mol. The van der Waals surface area contributed by atoms with E-state index < -0.39 is 0 Å². The number of carbonyl (C=O) groups is 1. The number of fused-ring (bicyclic) bond motifs is 1. The van der Waals surface area contributed by atoms with Crippen molar-refractivity contribution in [1.29, 1.82) is 0 Å². The molecule has 154 valence electrons. The molecule has 5 nitrogen and oxygen atoms in total. The predicted molar refractivity (Wildman–Crippen MR) is 120 cm³/mol. The highest BCUT2D eigenvalue weighted by Crippen LogP contribution is 2.40. The summed E-state index contributed by atoms with van der Waals surface area (Å²) in [5.41, 5.74) is 4.88. The van der Waals surface area contributed by atoms with Gasteiger partial charge in [0.1, 0.15) is 5.82 Å². The number of nitrogens with one attached hydrogen (secondary N) is 1. The van der Waals surface area contributed by atoms with E-state index in [0.29, 0.717) is 5.92 Å². The molecule has 1 N–H and O–H groups in total. The summed E-state index contributed by atoms with van der Waals surface area (Å²) in [4.78, 5) is 12.9. The lowest BCUT2D eigenvalue weighted by Crippen LogP contribution is -2.23. The summed E-state index contributed by atoms with van der Waals surface area (Å²) < 4.78 is 2.19. The number of aryl methyl sites for hydroxylation is 2. The van der Waals surface area contributed by atoms with Gasteiger partial charge in [-0.05, 0) is 67.9 Å². The number of benzene rings is 2. The smallest absolute Gasteiger partial charge is 0.237 e. The number of carbonyl (C=O) groups excluding carboxylic acids is 1. The molecule has 1 aromatic heterocycles. The van der Waals surface area contributed by atoms with Crippen LogP contribution in [0.4, 0.5) is 5.69 Å². The Morgan fingerprint density at radius 1 is 1.13 bits per heavy atom. The van der Waals surface area contributed by atoms with Gasteiger partial charge in [-0.3, -0.25) is 4.79 Å². The largest absolute Gasteiger partial charge is 0.325 e. The third-order valence-corrected chi connectivity index (χ3v) is 6.97. The molecule has 3 aromatic rings. The van der Waals surface area contributed by atoms with Crippen molar-refractivity contribution in [3.63, 3.8) is 0 Å². The first-order valence-corrected chi connectivity index (χ1v) is 11.6. The van der Waals surface area contributed by atoms with E-state index in [0.717, 1.165) is 36.1 Å². The Labute approximate surface area is 181 Å². The number of nitrogens with zero attached hydrogens (tertiary/aromatic N) is 3. The molecular formula is C24H26N4OS. The van der Waals surface area contributed by atoms with Crippen LogP contribution in [0.1, 0.15) is 54.6 Å². The highest BCUT2D eigenvalue weighted by atomic mass is 32.2. The van der Waals surface area contributed by atoms with E-state index in [1.165, 1.54) is 47.7 Å². The van der Waals surface area contributed by atoms with Gasteiger partial charge in [-0.1, -0.05) is 48.2 Å². The van der Waals surface area contributed by atoms with Gasteiger partial charge >= 0.3 is 0 Å². The molecule has 1 atom stereocenters. The zero-order valence-electron chi connectivity index (χ0n) is 17.2. The second-order valence-corrected chi connectivity index (χ2v) is 9.58. The molecule has 0 aliphatic heterocycles. The van der Waals surface area contributed by atoms with Gasteiger partial charge in [0, 0.05) is 11.6 Å². The van der Waals surface area contributed by atoms with Gasteiger partial charge in [-0.2, -0.15) is 0 Å². The average Bonchev–Trinajstić information content (AvgIpc) is 3.37. The number of aromatic nitrogens is 3.